The van der Waals surface area contributed by atoms with Gasteiger partial charge in [-0.2, -0.15) is 0 Å². The van der Waals surface area contributed by atoms with Gasteiger partial charge in [0.2, 0.25) is 5.91 Å². The van der Waals surface area contributed by atoms with E-state index in [0.29, 0.717) is 25.5 Å². The fourth-order valence-corrected chi connectivity index (χ4v) is 3.40. The number of hydrogen-bond donors (Lipinski definition) is 1. The third kappa shape index (κ3) is 4.17. The van der Waals surface area contributed by atoms with Crippen LogP contribution in [0.2, 0.25) is 0 Å². The second kappa shape index (κ2) is 8.23. The summed E-state index contributed by atoms with van der Waals surface area (Å²) in [4.78, 5) is 12.3. The van der Waals surface area contributed by atoms with Gasteiger partial charge >= 0.3 is 0 Å². The van der Waals surface area contributed by atoms with Gasteiger partial charge in [0, 0.05) is 36.8 Å². The summed E-state index contributed by atoms with van der Waals surface area (Å²) < 4.78 is 16.4. The van der Waals surface area contributed by atoms with Gasteiger partial charge in [-0.15, -0.1) is 0 Å². The molecule has 0 radical (unpaired) electrons. The van der Waals surface area contributed by atoms with E-state index < -0.39 is 0 Å². The van der Waals surface area contributed by atoms with E-state index in [-0.39, 0.29) is 11.3 Å². The summed E-state index contributed by atoms with van der Waals surface area (Å²) in [7, 11) is 1.69. The average Bonchev–Trinajstić information content (AvgIpc) is 3.19. The highest BCUT2D eigenvalue weighted by Gasteiger charge is 2.37. The summed E-state index contributed by atoms with van der Waals surface area (Å²) in [5.41, 5.74) is 2.12. The number of aryl methyl sites for hydroxylation is 1. The summed E-state index contributed by atoms with van der Waals surface area (Å²) in [6.45, 7) is 3.96. The number of hydrogen-bond acceptors (Lipinski definition) is 4. The van der Waals surface area contributed by atoms with Crippen LogP contribution in [0.5, 0.6) is 5.75 Å². The van der Waals surface area contributed by atoms with Gasteiger partial charge in [0.1, 0.15) is 11.5 Å². The maximum atomic E-state index is 12.3. The standard InChI is InChI=1S/C21H25NO4/c1-16-5-7-19(24-2)18(14-16)21(9-12-25-13-10-21)15-22-20(23)8-6-17-4-3-11-26-17/h3-8,11,14H,9-10,12-13,15H2,1-2H3,(H,22,23). The number of carbonyl (C=O) groups excluding carboxylic acids is 1. The van der Waals surface area contributed by atoms with Crippen molar-refractivity contribution in [1.29, 1.82) is 0 Å². The Balaban J connectivity index is 1.78. The van der Waals surface area contributed by atoms with Gasteiger partial charge < -0.3 is 19.2 Å². The molecule has 5 nitrogen and oxygen atoms in total. The molecule has 3 rings (SSSR count). The molecule has 1 saturated heterocycles. The Kier molecular flexibility index (Phi) is 5.78. The van der Waals surface area contributed by atoms with Crippen LogP contribution in [0.3, 0.4) is 0 Å². The lowest BCUT2D eigenvalue weighted by atomic mass is 9.73. The van der Waals surface area contributed by atoms with Crippen LogP contribution in [0.1, 0.15) is 29.7 Å². The van der Waals surface area contributed by atoms with Crippen molar-refractivity contribution in [3.63, 3.8) is 0 Å². The molecular formula is C21H25NO4. The zero-order valence-electron chi connectivity index (χ0n) is 15.3. The largest absolute Gasteiger partial charge is 0.496 e. The first-order valence-electron chi connectivity index (χ1n) is 8.85. The number of benzene rings is 1. The monoisotopic (exact) mass is 355 g/mol. The summed E-state index contributed by atoms with van der Waals surface area (Å²) in [5, 5.41) is 3.05. The molecule has 5 heteroatoms. The van der Waals surface area contributed by atoms with Gasteiger partial charge in [0.05, 0.1) is 13.4 Å². The normalized spacial score (nSPS) is 16.5. The van der Waals surface area contributed by atoms with Crippen LogP contribution in [0, 0.1) is 6.92 Å². The van der Waals surface area contributed by atoms with E-state index in [4.69, 9.17) is 13.9 Å². The number of nitrogens with one attached hydrogen (secondary N) is 1. The highest BCUT2D eigenvalue weighted by molar-refractivity contribution is 5.91. The molecule has 0 unspecified atom stereocenters. The van der Waals surface area contributed by atoms with Gasteiger partial charge in [-0.05, 0) is 44.0 Å². The van der Waals surface area contributed by atoms with Gasteiger partial charge in [0.15, 0.2) is 0 Å². The molecule has 0 atom stereocenters. The van der Waals surface area contributed by atoms with Crippen molar-refractivity contribution in [3.8, 4) is 5.75 Å². The molecule has 26 heavy (non-hydrogen) atoms. The summed E-state index contributed by atoms with van der Waals surface area (Å²) in [5.74, 6) is 1.37. The highest BCUT2D eigenvalue weighted by atomic mass is 16.5. The first kappa shape index (κ1) is 18.3. The molecule has 2 heterocycles. The van der Waals surface area contributed by atoms with Crippen molar-refractivity contribution in [2.75, 3.05) is 26.9 Å². The van der Waals surface area contributed by atoms with Crippen molar-refractivity contribution < 1.29 is 18.7 Å². The molecule has 0 bridgehead atoms. The highest BCUT2D eigenvalue weighted by Crippen LogP contribution is 2.40. The Bertz CT molecular complexity index is 758. The molecule has 2 aromatic rings. The van der Waals surface area contributed by atoms with E-state index >= 15 is 0 Å². The number of rotatable bonds is 6. The molecule has 1 aliphatic heterocycles. The van der Waals surface area contributed by atoms with E-state index in [2.05, 4.69) is 18.3 Å². The number of carbonyl (C=O) groups is 1. The maximum Gasteiger partial charge on any atom is 0.244 e. The minimum absolute atomic E-state index is 0.140. The second-order valence-corrected chi connectivity index (χ2v) is 6.66. The number of ether oxygens (including phenoxy) is 2. The van der Waals surface area contributed by atoms with Crippen LogP contribution in [0.25, 0.3) is 6.08 Å². The predicted octanol–water partition coefficient (Wildman–Crippen LogP) is 3.47. The summed E-state index contributed by atoms with van der Waals surface area (Å²) >= 11 is 0. The van der Waals surface area contributed by atoms with Crippen molar-refractivity contribution in [2.45, 2.75) is 25.2 Å². The third-order valence-electron chi connectivity index (χ3n) is 4.92. The molecule has 0 spiro atoms. The smallest absolute Gasteiger partial charge is 0.244 e. The SMILES string of the molecule is COc1ccc(C)cc1C1(CNC(=O)C=Cc2ccco2)CCOCC1. The fourth-order valence-electron chi connectivity index (χ4n) is 3.40. The zero-order chi connectivity index (χ0) is 18.4. The Labute approximate surface area is 154 Å². The van der Waals surface area contributed by atoms with Crippen molar-refractivity contribution in [2.24, 2.45) is 0 Å². The predicted molar refractivity (Wildman–Crippen MR) is 100 cm³/mol. The van der Waals surface area contributed by atoms with E-state index in [0.717, 1.165) is 24.2 Å². The van der Waals surface area contributed by atoms with E-state index in [1.807, 2.05) is 12.1 Å². The minimum atomic E-state index is -0.191. The lowest BCUT2D eigenvalue weighted by molar-refractivity contribution is -0.117. The third-order valence-corrected chi connectivity index (χ3v) is 4.92. The Morgan fingerprint density at radius 1 is 1.31 bits per heavy atom. The Hall–Kier alpha value is -2.53. The first-order chi connectivity index (χ1) is 12.6. The van der Waals surface area contributed by atoms with Crippen molar-refractivity contribution in [1.82, 2.24) is 5.32 Å². The molecule has 1 N–H and O–H groups in total. The zero-order valence-corrected chi connectivity index (χ0v) is 15.3. The van der Waals surface area contributed by atoms with E-state index in [9.17, 15) is 4.79 Å². The molecule has 0 saturated carbocycles. The fraction of sp³-hybridized carbons (Fsp3) is 0.381. The van der Waals surface area contributed by atoms with Crippen LogP contribution in [-0.4, -0.2) is 32.8 Å². The first-order valence-corrected chi connectivity index (χ1v) is 8.85. The number of amides is 1. The molecule has 1 aromatic carbocycles. The number of methoxy groups -OCH3 is 1. The van der Waals surface area contributed by atoms with Crippen LogP contribution in [0.15, 0.2) is 47.1 Å². The topological polar surface area (TPSA) is 60.7 Å². The average molecular weight is 355 g/mol. The molecule has 0 aliphatic carbocycles. The maximum absolute atomic E-state index is 12.3. The quantitative estimate of drug-likeness (QED) is 0.806. The van der Waals surface area contributed by atoms with Crippen molar-refractivity contribution >= 4 is 12.0 Å². The molecular weight excluding hydrogens is 330 g/mol. The van der Waals surface area contributed by atoms with Crippen LogP contribution < -0.4 is 10.1 Å². The van der Waals surface area contributed by atoms with E-state index in [1.54, 1.807) is 31.6 Å². The van der Waals surface area contributed by atoms with Gasteiger partial charge in [0.25, 0.3) is 0 Å². The van der Waals surface area contributed by atoms with Crippen LogP contribution in [-0.2, 0) is 14.9 Å². The second-order valence-electron chi connectivity index (χ2n) is 6.66. The minimum Gasteiger partial charge on any atom is -0.496 e. The lowest BCUT2D eigenvalue weighted by Crippen LogP contribution is -2.44. The molecule has 138 valence electrons. The number of furan rings is 1. The Morgan fingerprint density at radius 3 is 2.81 bits per heavy atom. The lowest BCUT2D eigenvalue weighted by Gasteiger charge is -2.38. The van der Waals surface area contributed by atoms with Gasteiger partial charge in [-0.1, -0.05) is 17.7 Å². The van der Waals surface area contributed by atoms with Crippen LogP contribution in [0.4, 0.5) is 0 Å². The molecule has 1 fully saturated rings. The Morgan fingerprint density at radius 2 is 2.12 bits per heavy atom. The molecule has 1 aliphatic rings. The van der Waals surface area contributed by atoms with Gasteiger partial charge in [-0.3, -0.25) is 4.79 Å². The van der Waals surface area contributed by atoms with Gasteiger partial charge in [-0.25, -0.2) is 0 Å². The van der Waals surface area contributed by atoms with E-state index in [1.165, 1.54) is 11.6 Å². The molecule has 1 amide bonds. The summed E-state index contributed by atoms with van der Waals surface area (Å²) in [6.07, 6.45) is 6.43. The summed E-state index contributed by atoms with van der Waals surface area (Å²) in [6, 6.07) is 9.80. The van der Waals surface area contributed by atoms with Crippen molar-refractivity contribution in [3.05, 3.63) is 59.6 Å². The van der Waals surface area contributed by atoms with Crippen LogP contribution >= 0.6 is 0 Å². The molecule has 1 aromatic heterocycles.